The third-order valence-corrected chi connectivity index (χ3v) is 5.85. The van der Waals surface area contributed by atoms with Crippen LogP contribution < -0.4 is 10.1 Å². The van der Waals surface area contributed by atoms with Crippen molar-refractivity contribution in [3.8, 4) is 22.0 Å². The molecule has 4 aromatic rings. The molecule has 0 radical (unpaired) electrons. The van der Waals surface area contributed by atoms with E-state index in [1.165, 1.54) is 23.3 Å². The highest BCUT2D eigenvalue weighted by Crippen LogP contribution is 2.25. The summed E-state index contributed by atoms with van der Waals surface area (Å²) in [5.41, 5.74) is 2.61. The van der Waals surface area contributed by atoms with E-state index >= 15 is 0 Å². The van der Waals surface area contributed by atoms with Crippen LogP contribution in [0.25, 0.3) is 16.3 Å². The van der Waals surface area contributed by atoms with Crippen LogP contribution in [0.3, 0.4) is 0 Å². The number of hydrogen-bond acceptors (Lipinski definition) is 6. The first-order chi connectivity index (χ1) is 16.1. The van der Waals surface area contributed by atoms with E-state index in [1.807, 2.05) is 49.5 Å². The van der Waals surface area contributed by atoms with E-state index in [1.54, 1.807) is 34.5 Å². The number of anilines is 1. The quantitative estimate of drug-likeness (QED) is 0.427. The molecule has 2 aromatic heterocycles. The van der Waals surface area contributed by atoms with Gasteiger partial charge in [0.1, 0.15) is 23.0 Å². The van der Waals surface area contributed by atoms with E-state index in [-0.39, 0.29) is 18.4 Å². The second-order valence-corrected chi connectivity index (χ2v) is 7.97. The molecule has 2 aromatic carbocycles. The number of thiazole rings is 1. The van der Waals surface area contributed by atoms with Crippen molar-refractivity contribution in [2.45, 2.75) is 6.92 Å². The molecule has 2 heterocycles. The van der Waals surface area contributed by atoms with Gasteiger partial charge in [0.15, 0.2) is 0 Å². The smallest absolute Gasteiger partial charge is 0.273 e. The fourth-order valence-electron chi connectivity index (χ4n) is 3.26. The van der Waals surface area contributed by atoms with Crippen LogP contribution in [-0.2, 0) is 4.79 Å². The molecule has 33 heavy (non-hydrogen) atoms. The second kappa shape index (κ2) is 10.1. The lowest BCUT2D eigenvalue weighted by molar-refractivity contribution is -0.116. The molecule has 4 rings (SSSR count). The highest BCUT2D eigenvalue weighted by molar-refractivity contribution is 7.13. The summed E-state index contributed by atoms with van der Waals surface area (Å²) in [5.74, 6) is -0.0552. The van der Waals surface area contributed by atoms with Crippen molar-refractivity contribution >= 4 is 28.8 Å². The first kappa shape index (κ1) is 22.2. The zero-order valence-electron chi connectivity index (χ0n) is 18.3. The Balaban J connectivity index is 1.44. The lowest BCUT2D eigenvalue weighted by Crippen LogP contribution is -2.38. The van der Waals surface area contributed by atoms with Gasteiger partial charge in [-0.2, -0.15) is 5.10 Å². The minimum absolute atomic E-state index is 0.0911. The van der Waals surface area contributed by atoms with Gasteiger partial charge < -0.3 is 15.0 Å². The van der Waals surface area contributed by atoms with Crippen LogP contribution in [0.4, 0.5) is 5.69 Å². The topological polar surface area (TPSA) is 89.4 Å². The summed E-state index contributed by atoms with van der Waals surface area (Å²) < 4.78 is 7.02. The monoisotopic (exact) mass is 461 g/mol. The van der Waals surface area contributed by atoms with Crippen LogP contribution in [0, 0.1) is 0 Å². The van der Waals surface area contributed by atoms with Gasteiger partial charge in [-0.15, -0.1) is 11.3 Å². The summed E-state index contributed by atoms with van der Waals surface area (Å²) in [6.45, 7) is 2.11. The summed E-state index contributed by atoms with van der Waals surface area (Å²) >= 11 is 1.36. The lowest BCUT2D eigenvalue weighted by Gasteiger charge is -2.19. The van der Waals surface area contributed by atoms with E-state index in [0.29, 0.717) is 28.7 Å². The Morgan fingerprint density at radius 1 is 1.12 bits per heavy atom. The predicted molar refractivity (Wildman–Crippen MR) is 128 cm³/mol. The molecule has 1 N–H and O–H groups in total. The Bertz CT molecular complexity index is 1250. The van der Waals surface area contributed by atoms with Gasteiger partial charge in [0.05, 0.1) is 24.7 Å². The number of carbonyl (C=O) groups is 2. The minimum Gasteiger partial charge on any atom is -0.495 e. The fourth-order valence-corrected chi connectivity index (χ4v) is 4.03. The van der Waals surface area contributed by atoms with Gasteiger partial charge >= 0.3 is 0 Å². The van der Waals surface area contributed by atoms with Gasteiger partial charge in [-0.1, -0.05) is 30.3 Å². The second-order valence-electron chi connectivity index (χ2n) is 7.11. The van der Waals surface area contributed by atoms with Gasteiger partial charge in [0, 0.05) is 23.7 Å². The van der Waals surface area contributed by atoms with Crippen molar-refractivity contribution in [1.29, 1.82) is 0 Å². The van der Waals surface area contributed by atoms with Gasteiger partial charge in [0.25, 0.3) is 5.91 Å². The van der Waals surface area contributed by atoms with Crippen molar-refractivity contribution in [2.75, 3.05) is 25.5 Å². The third kappa shape index (κ3) is 5.09. The van der Waals surface area contributed by atoms with Crippen molar-refractivity contribution < 1.29 is 14.3 Å². The van der Waals surface area contributed by atoms with Crippen molar-refractivity contribution in [2.24, 2.45) is 0 Å². The van der Waals surface area contributed by atoms with Gasteiger partial charge in [-0.25, -0.2) is 9.67 Å². The maximum Gasteiger partial charge on any atom is 0.273 e. The zero-order chi connectivity index (χ0) is 23.2. The first-order valence-corrected chi connectivity index (χ1v) is 11.2. The predicted octanol–water partition coefficient (Wildman–Crippen LogP) is 4.11. The molecule has 0 bridgehead atoms. The molecule has 0 aliphatic carbocycles. The molecule has 0 saturated carbocycles. The van der Waals surface area contributed by atoms with Crippen molar-refractivity contribution in [1.82, 2.24) is 19.7 Å². The first-order valence-electron chi connectivity index (χ1n) is 10.4. The molecule has 0 spiro atoms. The number of hydrogen-bond donors (Lipinski definition) is 1. The number of aromatic nitrogens is 3. The number of likely N-dealkylation sites (N-methyl/N-ethyl adjacent to an activating group) is 1. The number of carbonyl (C=O) groups excluding carboxylic acids is 2. The van der Waals surface area contributed by atoms with E-state index in [9.17, 15) is 9.59 Å². The number of methoxy groups -OCH3 is 1. The number of nitrogens with one attached hydrogen (secondary N) is 1. The average molecular weight is 462 g/mol. The molecule has 0 aliphatic rings. The average Bonchev–Trinajstić information content (AvgIpc) is 3.53. The van der Waals surface area contributed by atoms with Crippen LogP contribution in [0.2, 0.25) is 0 Å². The third-order valence-electron chi connectivity index (χ3n) is 4.96. The van der Waals surface area contributed by atoms with E-state index in [2.05, 4.69) is 15.4 Å². The summed E-state index contributed by atoms with van der Waals surface area (Å²) in [7, 11) is 1.54. The summed E-state index contributed by atoms with van der Waals surface area (Å²) in [4.78, 5) is 31.5. The minimum atomic E-state index is -0.311. The highest BCUT2D eigenvalue weighted by Gasteiger charge is 2.21. The molecule has 168 valence electrons. The Hall–Kier alpha value is -3.98. The number of benzene rings is 2. The van der Waals surface area contributed by atoms with Crippen LogP contribution in [0.5, 0.6) is 5.75 Å². The molecule has 0 aliphatic heterocycles. The Labute approximate surface area is 195 Å². The van der Waals surface area contributed by atoms with Gasteiger partial charge in [0.2, 0.25) is 5.91 Å². The Kier molecular flexibility index (Phi) is 6.80. The standard InChI is InChI=1S/C24H23N5O3S/c1-3-28(15-22(30)26-19-11-7-8-12-21(19)32-2)24(31)20-16-33-23(27-20)17-13-25-29(14-17)18-9-5-4-6-10-18/h4-14,16H,3,15H2,1-2H3,(H,26,30). The van der Waals surface area contributed by atoms with Crippen LogP contribution in [-0.4, -0.2) is 51.7 Å². The normalized spacial score (nSPS) is 10.6. The molecule has 2 amide bonds. The largest absolute Gasteiger partial charge is 0.495 e. The molecule has 9 heteroatoms. The number of rotatable bonds is 8. The molecule has 0 fully saturated rings. The van der Waals surface area contributed by atoms with Gasteiger partial charge in [-0.05, 0) is 31.2 Å². The molecular formula is C24H23N5O3S. The van der Waals surface area contributed by atoms with Crippen molar-refractivity contribution in [3.05, 3.63) is 78.1 Å². The SMILES string of the molecule is CCN(CC(=O)Nc1ccccc1OC)C(=O)c1csc(-c2cnn(-c3ccccc3)c2)n1. The Morgan fingerprint density at radius 2 is 1.88 bits per heavy atom. The highest BCUT2D eigenvalue weighted by atomic mass is 32.1. The Morgan fingerprint density at radius 3 is 2.64 bits per heavy atom. The summed E-state index contributed by atoms with van der Waals surface area (Å²) in [6, 6.07) is 16.9. The number of amides is 2. The van der Waals surface area contributed by atoms with E-state index < -0.39 is 0 Å². The number of nitrogens with zero attached hydrogens (tertiary/aromatic N) is 4. The lowest BCUT2D eigenvalue weighted by atomic mass is 10.3. The molecular weight excluding hydrogens is 438 g/mol. The fraction of sp³-hybridized carbons (Fsp3) is 0.167. The van der Waals surface area contributed by atoms with Crippen LogP contribution in [0.1, 0.15) is 17.4 Å². The van der Waals surface area contributed by atoms with Gasteiger partial charge in [-0.3, -0.25) is 9.59 Å². The van der Waals surface area contributed by atoms with E-state index in [4.69, 9.17) is 4.74 Å². The number of para-hydroxylation sites is 3. The zero-order valence-corrected chi connectivity index (χ0v) is 19.1. The molecule has 0 saturated heterocycles. The molecule has 8 nitrogen and oxygen atoms in total. The van der Waals surface area contributed by atoms with E-state index in [0.717, 1.165) is 11.3 Å². The maximum atomic E-state index is 13.0. The summed E-state index contributed by atoms with van der Waals surface area (Å²) in [5, 5.41) is 9.58. The summed E-state index contributed by atoms with van der Waals surface area (Å²) in [6.07, 6.45) is 3.60. The maximum absolute atomic E-state index is 13.0. The van der Waals surface area contributed by atoms with Crippen molar-refractivity contribution in [3.63, 3.8) is 0 Å². The molecule has 0 unspecified atom stereocenters. The van der Waals surface area contributed by atoms with Crippen LogP contribution >= 0.6 is 11.3 Å². The molecule has 0 atom stereocenters. The number of ether oxygens (including phenoxy) is 1. The van der Waals surface area contributed by atoms with Crippen LogP contribution in [0.15, 0.2) is 72.4 Å².